The Labute approximate surface area is 129 Å². The maximum Gasteiger partial charge on any atom is 0.327 e. The first-order valence-electron chi connectivity index (χ1n) is 5.97. The minimum absolute atomic E-state index is 0.0496. The number of carboxylic acid groups (broad SMARTS) is 1. The molecule has 4 nitrogen and oxygen atoms in total. The fraction of sp³-hybridized carbons (Fsp3) is 0.385. The Morgan fingerprint density at radius 2 is 2.26 bits per heavy atom. The number of hydrogen-bond donors (Lipinski definition) is 1. The number of carbonyl (C=O) groups is 2. The summed E-state index contributed by atoms with van der Waals surface area (Å²) in [6.45, 7) is 1.97. The molecular weight excluding hydrogens is 377 g/mol. The SMILES string of the molecule is CCC1SCC(C(=O)O)N1C(=O)c1cccc(I)c1. The number of nitrogens with zero attached hydrogens (tertiary/aromatic N) is 1. The Morgan fingerprint density at radius 3 is 2.84 bits per heavy atom. The fourth-order valence-electron chi connectivity index (χ4n) is 2.11. The van der Waals surface area contributed by atoms with Crippen LogP contribution >= 0.6 is 34.4 Å². The summed E-state index contributed by atoms with van der Waals surface area (Å²) in [5, 5.41) is 9.19. The van der Waals surface area contributed by atoms with Gasteiger partial charge in [0.2, 0.25) is 0 Å². The van der Waals surface area contributed by atoms with Gasteiger partial charge in [-0.3, -0.25) is 4.79 Å². The van der Waals surface area contributed by atoms with Gasteiger partial charge in [-0.1, -0.05) is 13.0 Å². The van der Waals surface area contributed by atoms with Gasteiger partial charge in [0.25, 0.3) is 5.91 Å². The van der Waals surface area contributed by atoms with E-state index in [1.54, 1.807) is 12.1 Å². The summed E-state index contributed by atoms with van der Waals surface area (Å²) in [6.07, 6.45) is 0.754. The second-order valence-electron chi connectivity index (χ2n) is 4.27. The maximum atomic E-state index is 12.5. The number of carbonyl (C=O) groups excluding carboxylic acids is 1. The van der Waals surface area contributed by atoms with Crippen molar-refractivity contribution in [1.82, 2.24) is 4.90 Å². The lowest BCUT2D eigenvalue weighted by Gasteiger charge is -2.26. The number of halogens is 1. The molecule has 6 heteroatoms. The molecule has 1 heterocycles. The molecule has 0 aliphatic carbocycles. The molecule has 1 N–H and O–H groups in total. The van der Waals surface area contributed by atoms with Crippen molar-refractivity contribution in [3.8, 4) is 0 Å². The molecule has 1 amide bonds. The lowest BCUT2D eigenvalue weighted by molar-refractivity contribution is -0.141. The number of benzene rings is 1. The Bertz CT molecular complexity index is 508. The number of rotatable bonds is 3. The van der Waals surface area contributed by atoms with Gasteiger partial charge in [0.15, 0.2) is 0 Å². The minimum atomic E-state index is -0.928. The van der Waals surface area contributed by atoms with Crippen molar-refractivity contribution in [3.05, 3.63) is 33.4 Å². The average molecular weight is 391 g/mol. The second-order valence-corrected chi connectivity index (χ2v) is 6.73. The number of carboxylic acids is 1. The van der Waals surface area contributed by atoms with E-state index in [-0.39, 0.29) is 11.3 Å². The summed E-state index contributed by atoms with van der Waals surface area (Å²) in [5.74, 6) is -0.658. The highest BCUT2D eigenvalue weighted by molar-refractivity contribution is 14.1. The summed E-state index contributed by atoms with van der Waals surface area (Å²) in [4.78, 5) is 25.3. The smallest absolute Gasteiger partial charge is 0.327 e. The van der Waals surface area contributed by atoms with Crippen LogP contribution in [0.1, 0.15) is 23.7 Å². The van der Waals surface area contributed by atoms with E-state index in [0.717, 1.165) is 9.99 Å². The van der Waals surface area contributed by atoms with Gasteiger partial charge in [-0.25, -0.2) is 4.79 Å². The molecule has 0 radical (unpaired) electrons. The van der Waals surface area contributed by atoms with Crippen molar-refractivity contribution in [2.75, 3.05) is 5.75 Å². The van der Waals surface area contributed by atoms with E-state index in [1.165, 1.54) is 16.7 Å². The molecule has 1 saturated heterocycles. The third-order valence-corrected chi connectivity index (χ3v) is 5.16. The first-order chi connectivity index (χ1) is 9.04. The van der Waals surface area contributed by atoms with Crippen molar-refractivity contribution >= 4 is 46.2 Å². The largest absolute Gasteiger partial charge is 0.480 e. The molecule has 1 aliphatic heterocycles. The molecular formula is C13H14INO3S. The van der Waals surface area contributed by atoms with E-state index in [0.29, 0.717) is 11.3 Å². The van der Waals surface area contributed by atoms with Crippen LogP contribution in [-0.4, -0.2) is 39.1 Å². The number of aliphatic carboxylic acids is 1. The summed E-state index contributed by atoms with van der Waals surface area (Å²) in [6, 6.07) is 6.52. The van der Waals surface area contributed by atoms with Crippen LogP contribution in [0.5, 0.6) is 0 Å². The zero-order valence-corrected chi connectivity index (χ0v) is 13.3. The van der Waals surface area contributed by atoms with Gasteiger partial charge in [0.1, 0.15) is 6.04 Å². The Hall–Kier alpha value is -0.760. The molecule has 2 atom stereocenters. The second kappa shape index (κ2) is 6.13. The van der Waals surface area contributed by atoms with Crippen LogP contribution in [0.4, 0.5) is 0 Å². The molecule has 1 aliphatic rings. The van der Waals surface area contributed by atoms with E-state index in [2.05, 4.69) is 22.6 Å². The molecule has 2 unspecified atom stereocenters. The molecule has 102 valence electrons. The van der Waals surface area contributed by atoms with Crippen molar-refractivity contribution in [2.45, 2.75) is 24.8 Å². The van der Waals surface area contributed by atoms with E-state index < -0.39 is 12.0 Å². The van der Waals surface area contributed by atoms with E-state index in [4.69, 9.17) is 0 Å². The zero-order chi connectivity index (χ0) is 14.0. The molecule has 1 aromatic carbocycles. The van der Waals surface area contributed by atoms with Crippen LogP contribution < -0.4 is 0 Å². The van der Waals surface area contributed by atoms with Crippen LogP contribution in [0.25, 0.3) is 0 Å². The van der Waals surface area contributed by atoms with E-state index in [1.807, 2.05) is 19.1 Å². The van der Waals surface area contributed by atoms with Gasteiger partial charge in [-0.05, 0) is 47.2 Å². The standard InChI is InChI=1S/C13H14INO3S/c1-2-11-15(10(7-19-11)13(17)18)12(16)8-4-3-5-9(14)6-8/h3-6,10-11H,2,7H2,1H3,(H,17,18). The first-order valence-corrected chi connectivity index (χ1v) is 8.10. The highest BCUT2D eigenvalue weighted by Gasteiger charge is 2.41. The van der Waals surface area contributed by atoms with Crippen LogP contribution in [0, 0.1) is 3.57 Å². The zero-order valence-electron chi connectivity index (χ0n) is 10.4. The Morgan fingerprint density at radius 1 is 1.53 bits per heavy atom. The van der Waals surface area contributed by atoms with Gasteiger partial charge in [0.05, 0.1) is 5.37 Å². The fourth-order valence-corrected chi connectivity index (χ4v) is 4.00. The molecule has 1 fully saturated rings. The Balaban J connectivity index is 2.31. The van der Waals surface area contributed by atoms with Gasteiger partial charge in [-0.2, -0.15) is 0 Å². The number of thioether (sulfide) groups is 1. The van der Waals surface area contributed by atoms with E-state index >= 15 is 0 Å². The van der Waals surface area contributed by atoms with Gasteiger partial charge >= 0.3 is 5.97 Å². The molecule has 1 aromatic rings. The molecule has 0 bridgehead atoms. The lowest BCUT2D eigenvalue weighted by atomic mass is 10.1. The van der Waals surface area contributed by atoms with Crippen LogP contribution in [0.3, 0.4) is 0 Å². The predicted molar refractivity (Wildman–Crippen MR) is 83.3 cm³/mol. The van der Waals surface area contributed by atoms with Crippen molar-refractivity contribution < 1.29 is 14.7 Å². The average Bonchev–Trinajstić information content (AvgIpc) is 2.81. The molecule has 0 saturated carbocycles. The summed E-state index contributed by atoms with van der Waals surface area (Å²) in [5.41, 5.74) is 0.555. The minimum Gasteiger partial charge on any atom is -0.480 e. The predicted octanol–water partition coefficient (Wildman–Crippen LogP) is 2.67. The number of hydrogen-bond acceptors (Lipinski definition) is 3. The van der Waals surface area contributed by atoms with Gasteiger partial charge in [-0.15, -0.1) is 11.8 Å². The van der Waals surface area contributed by atoms with Crippen molar-refractivity contribution in [2.24, 2.45) is 0 Å². The first kappa shape index (κ1) is 14.6. The van der Waals surface area contributed by atoms with E-state index in [9.17, 15) is 14.7 Å². The summed E-state index contributed by atoms with van der Waals surface area (Å²) < 4.78 is 0.968. The van der Waals surface area contributed by atoms with Crippen molar-refractivity contribution in [1.29, 1.82) is 0 Å². The van der Waals surface area contributed by atoms with Crippen molar-refractivity contribution in [3.63, 3.8) is 0 Å². The Kier molecular flexibility index (Phi) is 4.72. The lowest BCUT2D eigenvalue weighted by Crippen LogP contribution is -2.45. The third-order valence-electron chi connectivity index (χ3n) is 3.03. The normalized spacial score (nSPS) is 22.5. The monoisotopic (exact) mass is 391 g/mol. The maximum absolute atomic E-state index is 12.5. The number of amides is 1. The van der Waals surface area contributed by atoms with Gasteiger partial charge < -0.3 is 10.0 Å². The highest BCUT2D eigenvalue weighted by atomic mass is 127. The summed E-state index contributed by atoms with van der Waals surface area (Å²) in [7, 11) is 0. The van der Waals surface area contributed by atoms with Gasteiger partial charge in [0, 0.05) is 14.9 Å². The molecule has 2 rings (SSSR count). The van der Waals surface area contributed by atoms with Crippen LogP contribution in [0.2, 0.25) is 0 Å². The van der Waals surface area contributed by atoms with Crippen LogP contribution in [0.15, 0.2) is 24.3 Å². The topological polar surface area (TPSA) is 57.6 Å². The molecule has 19 heavy (non-hydrogen) atoms. The highest BCUT2D eigenvalue weighted by Crippen LogP contribution is 2.32. The molecule has 0 spiro atoms. The third kappa shape index (κ3) is 3.05. The molecule has 0 aromatic heterocycles. The van der Waals surface area contributed by atoms with Crippen LogP contribution in [-0.2, 0) is 4.79 Å². The quantitative estimate of drug-likeness (QED) is 0.806. The summed E-state index contributed by atoms with van der Waals surface area (Å²) >= 11 is 3.68.